The van der Waals surface area contributed by atoms with Crippen LogP contribution in [0.5, 0.6) is 5.75 Å². The fourth-order valence-electron chi connectivity index (χ4n) is 1.71. The summed E-state index contributed by atoms with van der Waals surface area (Å²) in [5.41, 5.74) is 0.561. The third kappa shape index (κ3) is 3.15. The summed E-state index contributed by atoms with van der Waals surface area (Å²) in [6.07, 6.45) is -0.339. The fraction of sp³-hybridized carbons (Fsp3) is 0.417. The van der Waals surface area contributed by atoms with E-state index in [4.69, 9.17) is 9.84 Å². The highest BCUT2D eigenvalue weighted by atomic mass is 19.3. The molecule has 0 aliphatic carbocycles. The van der Waals surface area contributed by atoms with E-state index in [-0.39, 0.29) is 23.3 Å². The Labute approximate surface area is 98.0 Å². The van der Waals surface area contributed by atoms with Gasteiger partial charge in [0.1, 0.15) is 5.75 Å². The van der Waals surface area contributed by atoms with Crippen molar-refractivity contribution in [2.24, 2.45) is 0 Å². The first-order valence-electron chi connectivity index (χ1n) is 5.03. The number of halogens is 2. The predicted molar refractivity (Wildman–Crippen MR) is 58.6 cm³/mol. The molecule has 0 amide bonds. The summed E-state index contributed by atoms with van der Waals surface area (Å²) in [6, 6.07) is 2.85. The van der Waals surface area contributed by atoms with Gasteiger partial charge in [-0.3, -0.25) is 4.79 Å². The van der Waals surface area contributed by atoms with E-state index < -0.39 is 11.9 Å². The smallest absolute Gasteiger partial charge is 0.307 e. The summed E-state index contributed by atoms with van der Waals surface area (Å²) in [5, 5.41) is 8.73. The van der Waals surface area contributed by atoms with Crippen molar-refractivity contribution in [1.29, 1.82) is 0 Å². The summed E-state index contributed by atoms with van der Waals surface area (Å²) in [4.78, 5) is 10.7. The molecule has 0 atom stereocenters. The van der Waals surface area contributed by atoms with Crippen molar-refractivity contribution >= 4 is 5.97 Å². The van der Waals surface area contributed by atoms with Crippen LogP contribution in [0.1, 0.15) is 23.6 Å². The van der Waals surface area contributed by atoms with E-state index in [1.807, 2.05) is 0 Å². The maximum absolute atomic E-state index is 13.4. The number of benzene rings is 1. The molecule has 94 valence electrons. The Hall–Kier alpha value is -1.65. The normalized spacial score (nSPS) is 11.4. The van der Waals surface area contributed by atoms with Crippen LogP contribution in [0.2, 0.25) is 0 Å². The van der Waals surface area contributed by atoms with E-state index in [1.54, 1.807) is 13.0 Å². The van der Waals surface area contributed by atoms with Gasteiger partial charge in [-0.15, -0.1) is 0 Å². The number of carboxylic acids is 1. The van der Waals surface area contributed by atoms with Gasteiger partial charge in [0.15, 0.2) is 0 Å². The molecular formula is C12H14F2O3. The van der Waals surface area contributed by atoms with Gasteiger partial charge in [0.25, 0.3) is 5.92 Å². The Morgan fingerprint density at radius 2 is 2.06 bits per heavy atom. The molecule has 0 heterocycles. The van der Waals surface area contributed by atoms with E-state index in [2.05, 4.69) is 0 Å². The molecule has 0 spiro atoms. The first-order valence-corrected chi connectivity index (χ1v) is 5.03. The largest absolute Gasteiger partial charge is 0.496 e. The number of aliphatic carboxylic acids is 1. The third-order valence-electron chi connectivity index (χ3n) is 2.33. The van der Waals surface area contributed by atoms with Gasteiger partial charge in [-0.2, -0.15) is 0 Å². The third-order valence-corrected chi connectivity index (χ3v) is 2.33. The molecule has 0 fully saturated rings. The van der Waals surface area contributed by atoms with Gasteiger partial charge in [-0.1, -0.05) is 11.6 Å². The van der Waals surface area contributed by atoms with Crippen molar-refractivity contribution in [3.8, 4) is 5.75 Å². The average Bonchev–Trinajstić information content (AvgIpc) is 2.14. The van der Waals surface area contributed by atoms with Crippen LogP contribution in [0.3, 0.4) is 0 Å². The van der Waals surface area contributed by atoms with E-state index in [1.165, 1.54) is 13.2 Å². The Balaban J connectivity index is 3.40. The molecule has 17 heavy (non-hydrogen) atoms. The first kappa shape index (κ1) is 13.4. The van der Waals surface area contributed by atoms with Gasteiger partial charge in [0, 0.05) is 12.5 Å². The highest BCUT2D eigenvalue weighted by molar-refractivity contribution is 5.72. The first-order chi connectivity index (χ1) is 7.75. The second-order valence-corrected chi connectivity index (χ2v) is 3.96. The number of carbonyl (C=O) groups is 1. The molecule has 1 aromatic rings. The maximum atomic E-state index is 13.4. The molecule has 0 aromatic heterocycles. The summed E-state index contributed by atoms with van der Waals surface area (Å²) in [6.45, 7) is 2.40. The second-order valence-electron chi connectivity index (χ2n) is 3.96. The number of ether oxygens (including phenoxy) is 1. The van der Waals surface area contributed by atoms with E-state index in [9.17, 15) is 13.6 Å². The van der Waals surface area contributed by atoms with Gasteiger partial charge in [0.2, 0.25) is 0 Å². The highest BCUT2D eigenvalue weighted by Crippen LogP contribution is 2.37. The molecule has 5 heteroatoms. The van der Waals surface area contributed by atoms with Crippen LogP contribution < -0.4 is 4.74 Å². The highest BCUT2D eigenvalue weighted by Gasteiger charge is 2.30. The van der Waals surface area contributed by atoms with Gasteiger partial charge in [0.05, 0.1) is 19.1 Å². The molecule has 0 aliphatic heterocycles. The number of aryl methyl sites for hydroxylation is 1. The van der Waals surface area contributed by atoms with Crippen molar-refractivity contribution in [2.45, 2.75) is 26.2 Å². The number of hydrogen-bond donors (Lipinski definition) is 1. The maximum Gasteiger partial charge on any atom is 0.307 e. The van der Waals surface area contributed by atoms with Crippen LogP contribution in [-0.4, -0.2) is 18.2 Å². The lowest BCUT2D eigenvalue weighted by molar-refractivity contribution is -0.136. The molecule has 1 N–H and O–H groups in total. The van der Waals surface area contributed by atoms with E-state index in [0.29, 0.717) is 5.56 Å². The molecule has 3 nitrogen and oxygen atoms in total. The lowest BCUT2D eigenvalue weighted by Crippen LogP contribution is -2.12. The van der Waals surface area contributed by atoms with Gasteiger partial charge >= 0.3 is 5.97 Å². The molecule has 1 rings (SSSR count). The quantitative estimate of drug-likeness (QED) is 0.885. The van der Waals surface area contributed by atoms with Gasteiger partial charge in [-0.05, 0) is 13.0 Å². The summed E-state index contributed by atoms with van der Waals surface area (Å²) in [5.74, 6) is -4.20. The molecular weight excluding hydrogens is 230 g/mol. The number of rotatable bonds is 4. The van der Waals surface area contributed by atoms with Crippen molar-refractivity contribution in [3.05, 3.63) is 28.8 Å². The molecule has 0 bridgehead atoms. The minimum Gasteiger partial charge on any atom is -0.496 e. The predicted octanol–water partition coefficient (Wildman–Crippen LogP) is 2.74. The standard InChI is InChI=1S/C12H14F2O3/c1-7-4-8(6-10(15)16)11(17-3)9(5-7)12(2,13)14/h4-5H,6H2,1-3H3,(H,15,16). The zero-order chi connectivity index (χ0) is 13.2. The number of hydrogen-bond acceptors (Lipinski definition) is 2. The monoisotopic (exact) mass is 244 g/mol. The Morgan fingerprint density at radius 3 is 2.47 bits per heavy atom. The number of alkyl halides is 2. The van der Waals surface area contributed by atoms with E-state index in [0.717, 1.165) is 6.92 Å². The molecule has 0 unspecified atom stereocenters. The minimum absolute atomic E-state index is 0.0505. The Morgan fingerprint density at radius 1 is 1.47 bits per heavy atom. The van der Waals surface area contributed by atoms with Crippen LogP contribution in [0.15, 0.2) is 12.1 Å². The van der Waals surface area contributed by atoms with Crippen molar-refractivity contribution in [3.63, 3.8) is 0 Å². The average molecular weight is 244 g/mol. The number of methoxy groups -OCH3 is 1. The van der Waals surface area contributed by atoms with Crippen LogP contribution in [0, 0.1) is 6.92 Å². The van der Waals surface area contributed by atoms with Crippen molar-refractivity contribution < 1.29 is 23.4 Å². The number of carboxylic acid groups (broad SMARTS) is 1. The molecule has 1 aromatic carbocycles. The topological polar surface area (TPSA) is 46.5 Å². The van der Waals surface area contributed by atoms with Crippen molar-refractivity contribution in [1.82, 2.24) is 0 Å². The van der Waals surface area contributed by atoms with Gasteiger partial charge in [-0.25, -0.2) is 8.78 Å². The van der Waals surface area contributed by atoms with Crippen LogP contribution >= 0.6 is 0 Å². The van der Waals surface area contributed by atoms with Crippen LogP contribution in [0.25, 0.3) is 0 Å². The van der Waals surface area contributed by atoms with E-state index >= 15 is 0 Å². The Kier molecular flexibility index (Phi) is 3.70. The molecule has 0 saturated heterocycles. The molecule has 0 aliphatic rings. The van der Waals surface area contributed by atoms with Crippen LogP contribution in [0.4, 0.5) is 8.78 Å². The summed E-state index contributed by atoms with van der Waals surface area (Å²) in [7, 11) is 1.26. The lowest BCUT2D eigenvalue weighted by Gasteiger charge is -2.18. The van der Waals surface area contributed by atoms with Crippen molar-refractivity contribution in [2.75, 3.05) is 7.11 Å². The second kappa shape index (κ2) is 4.69. The van der Waals surface area contributed by atoms with Crippen LogP contribution in [-0.2, 0) is 17.1 Å². The summed E-state index contributed by atoms with van der Waals surface area (Å²) < 4.78 is 31.7. The molecule has 0 saturated carbocycles. The zero-order valence-electron chi connectivity index (χ0n) is 9.88. The summed E-state index contributed by atoms with van der Waals surface area (Å²) >= 11 is 0. The SMILES string of the molecule is COc1c(CC(=O)O)cc(C)cc1C(C)(F)F. The fourth-order valence-corrected chi connectivity index (χ4v) is 1.71. The Bertz CT molecular complexity index is 436. The lowest BCUT2D eigenvalue weighted by atomic mass is 9.99. The molecule has 0 radical (unpaired) electrons. The zero-order valence-corrected chi connectivity index (χ0v) is 9.88. The minimum atomic E-state index is -3.06. The van der Waals surface area contributed by atoms with Gasteiger partial charge < -0.3 is 9.84 Å².